The molecule has 1 aromatic rings. The lowest BCUT2D eigenvalue weighted by Crippen LogP contribution is -2.48. The fourth-order valence-corrected chi connectivity index (χ4v) is 3.28. The summed E-state index contributed by atoms with van der Waals surface area (Å²) in [5.41, 5.74) is 1.11. The number of carbonyl (C=O) groups is 2. The van der Waals surface area contributed by atoms with E-state index in [2.05, 4.69) is 15.5 Å². The van der Waals surface area contributed by atoms with Crippen molar-refractivity contribution in [3.63, 3.8) is 0 Å². The van der Waals surface area contributed by atoms with Crippen molar-refractivity contribution < 1.29 is 9.59 Å². The average Bonchev–Trinajstić information content (AvgIpc) is 3.01. The molecule has 23 heavy (non-hydrogen) atoms. The molecule has 2 aliphatic heterocycles. The van der Waals surface area contributed by atoms with E-state index >= 15 is 0 Å². The summed E-state index contributed by atoms with van der Waals surface area (Å²) >= 11 is 0. The highest BCUT2D eigenvalue weighted by Crippen LogP contribution is 2.18. The first kappa shape index (κ1) is 15.8. The minimum Gasteiger partial charge on any atom is -0.351 e. The molecule has 0 aliphatic carbocycles. The van der Waals surface area contributed by atoms with Crippen molar-refractivity contribution in [1.82, 2.24) is 20.4 Å². The van der Waals surface area contributed by atoms with Crippen molar-refractivity contribution in [2.45, 2.75) is 25.4 Å². The topological polar surface area (TPSA) is 64.7 Å². The zero-order valence-corrected chi connectivity index (χ0v) is 13.3. The number of benzene rings is 1. The standard InChI is InChI=1S/C17H24N4O2/c22-16(19-12-14-4-2-1-3-5-14)13-20-9-6-15(7-10-20)21-11-8-18-17(21)23/h1-5,15H,6-13H2,(H,18,23)(H,19,22). The van der Waals surface area contributed by atoms with Crippen LogP contribution in [-0.2, 0) is 11.3 Å². The molecule has 2 saturated heterocycles. The summed E-state index contributed by atoms with van der Waals surface area (Å²) in [6, 6.07) is 10.3. The number of nitrogens with one attached hydrogen (secondary N) is 2. The number of urea groups is 1. The lowest BCUT2D eigenvalue weighted by atomic mass is 10.0. The first-order valence-corrected chi connectivity index (χ1v) is 8.30. The van der Waals surface area contributed by atoms with Crippen LogP contribution in [0.2, 0.25) is 0 Å². The third-order valence-corrected chi connectivity index (χ3v) is 4.59. The number of nitrogens with zero attached hydrogens (tertiary/aromatic N) is 2. The smallest absolute Gasteiger partial charge is 0.317 e. The van der Waals surface area contributed by atoms with Gasteiger partial charge in [0.25, 0.3) is 0 Å². The van der Waals surface area contributed by atoms with Crippen LogP contribution in [0.25, 0.3) is 0 Å². The molecule has 1 aromatic carbocycles. The Labute approximate surface area is 136 Å². The number of rotatable bonds is 5. The van der Waals surface area contributed by atoms with E-state index in [1.807, 2.05) is 35.2 Å². The van der Waals surface area contributed by atoms with Crippen molar-refractivity contribution in [2.75, 3.05) is 32.7 Å². The zero-order valence-electron chi connectivity index (χ0n) is 13.3. The second-order valence-corrected chi connectivity index (χ2v) is 6.19. The Morgan fingerprint density at radius 3 is 2.57 bits per heavy atom. The number of hydrogen-bond acceptors (Lipinski definition) is 3. The maximum absolute atomic E-state index is 12.0. The van der Waals surface area contributed by atoms with Gasteiger partial charge >= 0.3 is 6.03 Å². The summed E-state index contributed by atoms with van der Waals surface area (Å²) in [5, 5.41) is 5.82. The summed E-state index contributed by atoms with van der Waals surface area (Å²) in [6.45, 7) is 4.30. The predicted molar refractivity (Wildman–Crippen MR) is 87.9 cm³/mol. The van der Waals surface area contributed by atoms with Gasteiger partial charge in [0.2, 0.25) is 5.91 Å². The fourth-order valence-electron chi connectivity index (χ4n) is 3.28. The van der Waals surface area contributed by atoms with Gasteiger partial charge in [-0.05, 0) is 18.4 Å². The lowest BCUT2D eigenvalue weighted by Gasteiger charge is -2.35. The number of likely N-dealkylation sites (tertiary alicyclic amines) is 1. The molecule has 3 rings (SSSR count). The lowest BCUT2D eigenvalue weighted by molar-refractivity contribution is -0.122. The Morgan fingerprint density at radius 1 is 1.17 bits per heavy atom. The number of carbonyl (C=O) groups excluding carboxylic acids is 2. The third-order valence-electron chi connectivity index (χ3n) is 4.59. The third kappa shape index (κ3) is 4.22. The van der Waals surface area contributed by atoms with Gasteiger partial charge in [-0.1, -0.05) is 30.3 Å². The summed E-state index contributed by atoms with van der Waals surface area (Å²) in [4.78, 5) is 27.8. The van der Waals surface area contributed by atoms with E-state index in [0.717, 1.165) is 44.6 Å². The molecular weight excluding hydrogens is 292 g/mol. The molecule has 0 saturated carbocycles. The Hall–Kier alpha value is -2.08. The Balaban J connectivity index is 1.38. The van der Waals surface area contributed by atoms with Gasteiger partial charge in [0.15, 0.2) is 0 Å². The van der Waals surface area contributed by atoms with Crippen LogP contribution in [0.4, 0.5) is 4.79 Å². The molecule has 0 bridgehead atoms. The molecule has 2 N–H and O–H groups in total. The molecule has 124 valence electrons. The predicted octanol–water partition coefficient (Wildman–Crippen LogP) is 0.792. The number of hydrogen-bond donors (Lipinski definition) is 2. The summed E-state index contributed by atoms with van der Waals surface area (Å²) in [5.74, 6) is 0.0613. The van der Waals surface area contributed by atoms with E-state index in [4.69, 9.17) is 0 Å². The maximum atomic E-state index is 12.0. The molecule has 2 heterocycles. The largest absolute Gasteiger partial charge is 0.351 e. The summed E-state index contributed by atoms with van der Waals surface area (Å²) < 4.78 is 0. The van der Waals surface area contributed by atoms with Gasteiger partial charge in [0, 0.05) is 38.8 Å². The normalized spacial score (nSPS) is 19.7. The average molecular weight is 316 g/mol. The van der Waals surface area contributed by atoms with E-state index in [9.17, 15) is 9.59 Å². The van der Waals surface area contributed by atoms with E-state index in [-0.39, 0.29) is 11.9 Å². The van der Waals surface area contributed by atoms with E-state index in [1.54, 1.807) is 0 Å². The molecule has 0 unspecified atom stereocenters. The van der Waals surface area contributed by atoms with Crippen LogP contribution in [0.3, 0.4) is 0 Å². The minimum absolute atomic E-state index is 0.0593. The van der Waals surface area contributed by atoms with Gasteiger partial charge in [-0.3, -0.25) is 9.69 Å². The van der Waals surface area contributed by atoms with Crippen molar-refractivity contribution in [1.29, 1.82) is 0 Å². The quantitative estimate of drug-likeness (QED) is 0.844. The molecule has 6 nitrogen and oxygen atoms in total. The second kappa shape index (κ2) is 7.46. The molecule has 0 aromatic heterocycles. The number of piperidine rings is 1. The van der Waals surface area contributed by atoms with Gasteiger partial charge in [-0.2, -0.15) is 0 Å². The SMILES string of the molecule is O=C(CN1CCC(N2CCNC2=O)CC1)NCc1ccccc1. The van der Waals surface area contributed by atoms with Crippen molar-refractivity contribution in [3.05, 3.63) is 35.9 Å². The molecule has 2 aliphatic rings. The maximum Gasteiger partial charge on any atom is 0.317 e. The molecule has 0 atom stereocenters. The first-order chi connectivity index (χ1) is 11.2. The van der Waals surface area contributed by atoms with E-state index in [1.165, 1.54) is 0 Å². The number of amides is 3. The van der Waals surface area contributed by atoms with E-state index < -0.39 is 0 Å². The van der Waals surface area contributed by atoms with Gasteiger partial charge in [-0.25, -0.2) is 4.79 Å². The Kier molecular flexibility index (Phi) is 5.12. The van der Waals surface area contributed by atoms with E-state index in [0.29, 0.717) is 19.1 Å². The van der Waals surface area contributed by atoms with Crippen LogP contribution in [0, 0.1) is 0 Å². The second-order valence-electron chi connectivity index (χ2n) is 6.19. The van der Waals surface area contributed by atoms with Gasteiger partial charge < -0.3 is 15.5 Å². The molecule has 3 amide bonds. The fraction of sp³-hybridized carbons (Fsp3) is 0.529. The Morgan fingerprint density at radius 2 is 1.91 bits per heavy atom. The molecular formula is C17H24N4O2. The molecule has 6 heteroatoms. The van der Waals surface area contributed by atoms with Gasteiger partial charge in [-0.15, -0.1) is 0 Å². The highest BCUT2D eigenvalue weighted by Gasteiger charge is 2.30. The van der Waals surface area contributed by atoms with Crippen LogP contribution in [0.5, 0.6) is 0 Å². The highest BCUT2D eigenvalue weighted by atomic mass is 16.2. The minimum atomic E-state index is 0.0593. The summed E-state index contributed by atoms with van der Waals surface area (Å²) in [6.07, 6.45) is 1.89. The zero-order chi connectivity index (χ0) is 16.1. The monoisotopic (exact) mass is 316 g/mol. The van der Waals surface area contributed by atoms with Crippen LogP contribution in [0.15, 0.2) is 30.3 Å². The summed E-state index contributed by atoms with van der Waals surface area (Å²) in [7, 11) is 0. The van der Waals surface area contributed by atoms with Crippen LogP contribution in [0.1, 0.15) is 18.4 Å². The first-order valence-electron chi connectivity index (χ1n) is 8.30. The van der Waals surface area contributed by atoms with Crippen molar-refractivity contribution in [3.8, 4) is 0 Å². The molecule has 0 spiro atoms. The van der Waals surface area contributed by atoms with Gasteiger partial charge in [0.05, 0.1) is 6.54 Å². The molecule has 2 fully saturated rings. The van der Waals surface area contributed by atoms with Gasteiger partial charge in [0.1, 0.15) is 0 Å². The highest BCUT2D eigenvalue weighted by molar-refractivity contribution is 5.78. The van der Waals surface area contributed by atoms with Crippen LogP contribution >= 0.6 is 0 Å². The Bertz CT molecular complexity index is 541. The van der Waals surface area contributed by atoms with Crippen LogP contribution in [-0.4, -0.2) is 60.5 Å². The van der Waals surface area contributed by atoms with Crippen molar-refractivity contribution in [2.24, 2.45) is 0 Å². The molecule has 0 radical (unpaired) electrons. The van der Waals surface area contributed by atoms with Crippen molar-refractivity contribution >= 4 is 11.9 Å². The van der Waals surface area contributed by atoms with Crippen LogP contribution < -0.4 is 10.6 Å².